The molecule has 0 bridgehead atoms. The van der Waals surface area contributed by atoms with Crippen LogP contribution in [0.3, 0.4) is 0 Å². The van der Waals surface area contributed by atoms with Crippen LogP contribution in [-0.2, 0) is 9.53 Å². The topological polar surface area (TPSA) is 53.6 Å². The average Bonchev–Trinajstić information content (AvgIpc) is 2.45. The summed E-state index contributed by atoms with van der Waals surface area (Å²) in [6, 6.07) is 5.64. The molecule has 0 spiro atoms. The van der Waals surface area contributed by atoms with Gasteiger partial charge in [-0.1, -0.05) is 6.07 Å². The molecule has 1 aromatic carbocycles. The lowest BCUT2D eigenvalue weighted by atomic mass is 9.95. The Kier molecular flexibility index (Phi) is 5.64. The minimum atomic E-state index is -0.342. The van der Waals surface area contributed by atoms with E-state index in [9.17, 15) is 4.79 Å². The quantitative estimate of drug-likeness (QED) is 0.601. The van der Waals surface area contributed by atoms with Gasteiger partial charge in [-0.2, -0.15) is 0 Å². The van der Waals surface area contributed by atoms with Crippen molar-refractivity contribution in [1.29, 1.82) is 0 Å². The lowest BCUT2D eigenvalue weighted by Gasteiger charge is -2.30. The Morgan fingerprint density at radius 1 is 1.43 bits per heavy atom. The van der Waals surface area contributed by atoms with Gasteiger partial charge >= 0.3 is 5.97 Å². The standard InChI is InChI=1S/C16H20BrN3O2S/c1-5-22-15(21)13-9(2)18-16(23)19-14(13)10-6-7-12(20(3)4)11(17)8-10/h6-8,14H,5H2,1-4H3,(H2,18,19,23). The first-order valence-corrected chi connectivity index (χ1v) is 8.47. The Balaban J connectivity index is 2.46. The van der Waals surface area contributed by atoms with Crippen molar-refractivity contribution >= 4 is 44.9 Å². The van der Waals surface area contributed by atoms with Gasteiger partial charge in [-0.05, 0) is 59.7 Å². The molecule has 0 fully saturated rings. The van der Waals surface area contributed by atoms with Crippen molar-refractivity contribution < 1.29 is 9.53 Å². The Labute approximate surface area is 150 Å². The molecule has 0 aromatic heterocycles. The zero-order valence-corrected chi connectivity index (χ0v) is 16.0. The number of thiocarbonyl (C=S) groups is 1. The molecule has 1 unspecified atom stereocenters. The molecular weight excluding hydrogens is 378 g/mol. The van der Waals surface area contributed by atoms with Gasteiger partial charge in [0.1, 0.15) is 0 Å². The monoisotopic (exact) mass is 397 g/mol. The SMILES string of the molecule is CCOC(=O)C1=C(C)NC(=S)NC1c1ccc(N(C)C)c(Br)c1. The smallest absolute Gasteiger partial charge is 0.338 e. The normalized spacial score (nSPS) is 17.4. The first-order chi connectivity index (χ1) is 10.8. The predicted octanol–water partition coefficient (Wildman–Crippen LogP) is 2.87. The van der Waals surface area contributed by atoms with E-state index in [0.717, 1.165) is 15.7 Å². The highest BCUT2D eigenvalue weighted by Crippen LogP contribution is 2.33. The second-order valence-electron chi connectivity index (χ2n) is 5.40. The Bertz CT molecular complexity index is 673. The van der Waals surface area contributed by atoms with E-state index in [1.165, 1.54) is 0 Å². The molecular formula is C16H20BrN3O2S. The van der Waals surface area contributed by atoms with Crippen LogP contribution in [0.5, 0.6) is 0 Å². The fraction of sp³-hybridized carbons (Fsp3) is 0.375. The van der Waals surface area contributed by atoms with E-state index in [-0.39, 0.29) is 12.0 Å². The van der Waals surface area contributed by atoms with Crippen LogP contribution in [0.2, 0.25) is 0 Å². The maximum Gasteiger partial charge on any atom is 0.338 e. The van der Waals surface area contributed by atoms with E-state index in [0.29, 0.717) is 23.0 Å². The van der Waals surface area contributed by atoms with Crippen LogP contribution in [0.1, 0.15) is 25.5 Å². The van der Waals surface area contributed by atoms with Crippen LogP contribution in [0, 0.1) is 0 Å². The first kappa shape index (κ1) is 17.7. The number of ether oxygens (including phenoxy) is 1. The highest BCUT2D eigenvalue weighted by Gasteiger charge is 2.31. The van der Waals surface area contributed by atoms with Gasteiger partial charge in [0.2, 0.25) is 0 Å². The predicted molar refractivity (Wildman–Crippen MR) is 99.4 cm³/mol. The number of carbonyl (C=O) groups is 1. The molecule has 0 amide bonds. The zero-order valence-electron chi connectivity index (χ0n) is 13.6. The maximum absolute atomic E-state index is 12.3. The van der Waals surface area contributed by atoms with E-state index in [2.05, 4.69) is 26.6 Å². The van der Waals surface area contributed by atoms with Gasteiger partial charge in [0.05, 0.1) is 23.9 Å². The van der Waals surface area contributed by atoms with Crippen molar-refractivity contribution in [2.75, 3.05) is 25.6 Å². The number of nitrogens with one attached hydrogen (secondary N) is 2. The van der Waals surface area contributed by atoms with Gasteiger partial charge < -0.3 is 20.3 Å². The fourth-order valence-corrected chi connectivity index (χ4v) is 3.51. The summed E-state index contributed by atoms with van der Waals surface area (Å²) in [7, 11) is 3.96. The molecule has 1 aliphatic heterocycles. The van der Waals surface area contributed by atoms with E-state index < -0.39 is 0 Å². The number of benzene rings is 1. The van der Waals surface area contributed by atoms with Crippen LogP contribution in [0.25, 0.3) is 0 Å². The van der Waals surface area contributed by atoms with Gasteiger partial charge in [-0.15, -0.1) is 0 Å². The van der Waals surface area contributed by atoms with E-state index >= 15 is 0 Å². The highest BCUT2D eigenvalue weighted by atomic mass is 79.9. The van der Waals surface area contributed by atoms with Gasteiger partial charge in [0, 0.05) is 24.3 Å². The molecule has 1 aromatic rings. The lowest BCUT2D eigenvalue weighted by molar-refractivity contribution is -0.139. The van der Waals surface area contributed by atoms with Crippen molar-refractivity contribution in [2.24, 2.45) is 0 Å². The van der Waals surface area contributed by atoms with E-state index in [1.54, 1.807) is 6.92 Å². The minimum Gasteiger partial charge on any atom is -0.463 e. The van der Waals surface area contributed by atoms with Gasteiger partial charge in [0.25, 0.3) is 0 Å². The number of allylic oxidation sites excluding steroid dienone is 1. The summed E-state index contributed by atoms with van der Waals surface area (Å²) in [5.41, 5.74) is 3.26. The summed E-state index contributed by atoms with van der Waals surface area (Å²) in [5.74, 6) is -0.342. The summed E-state index contributed by atoms with van der Waals surface area (Å²) in [6.07, 6.45) is 0. The third kappa shape index (κ3) is 3.84. The third-order valence-electron chi connectivity index (χ3n) is 3.55. The number of nitrogens with zero attached hydrogens (tertiary/aromatic N) is 1. The molecule has 1 heterocycles. The summed E-state index contributed by atoms with van der Waals surface area (Å²) in [4.78, 5) is 14.4. The molecule has 2 rings (SSSR count). The van der Waals surface area contributed by atoms with Crippen molar-refractivity contribution in [3.63, 3.8) is 0 Å². The van der Waals surface area contributed by atoms with Crippen LogP contribution in [0.4, 0.5) is 5.69 Å². The van der Waals surface area contributed by atoms with Gasteiger partial charge in [-0.25, -0.2) is 4.79 Å². The molecule has 23 heavy (non-hydrogen) atoms. The van der Waals surface area contributed by atoms with Crippen LogP contribution < -0.4 is 15.5 Å². The summed E-state index contributed by atoms with van der Waals surface area (Å²) >= 11 is 8.82. The van der Waals surface area contributed by atoms with Crippen molar-refractivity contribution in [1.82, 2.24) is 10.6 Å². The molecule has 1 aliphatic rings. The second kappa shape index (κ2) is 7.31. The number of hydrogen-bond acceptors (Lipinski definition) is 4. The Hall–Kier alpha value is -1.60. The number of rotatable bonds is 4. The summed E-state index contributed by atoms with van der Waals surface area (Å²) in [6.45, 7) is 3.95. The molecule has 0 saturated carbocycles. The molecule has 1 atom stereocenters. The van der Waals surface area contributed by atoms with Crippen LogP contribution in [-0.4, -0.2) is 31.8 Å². The van der Waals surface area contributed by atoms with Crippen LogP contribution in [0.15, 0.2) is 33.9 Å². The number of esters is 1. The molecule has 0 aliphatic carbocycles. The largest absolute Gasteiger partial charge is 0.463 e. The number of carbonyl (C=O) groups excluding carboxylic acids is 1. The van der Waals surface area contributed by atoms with Crippen LogP contribution >= 0.6 is 28.1 Å². The fourth-order valence-electron chi connectivity index (χ4n) is 2.49. The number of halogens is 1. The molecule has 2 N–H and O–H groups in total. The number of hydrogen-bond donors (Lipinski definition) is 2. The second-order valence-corrected chi connectivity index (χ2v) is 6.66. The lowest BCUT2D eigenvalue weighted by Crippen LogP contribution is -2.45. The Morgan fingerprint density at radius 2 is 2.13 bits per heavy atom. The summed E-state index contributed by atoms with van der Waals surface area (Å²) < 4.78 is 6.14. The Morgan fingerprint density at radius 3 is 2.70 bits per heavy atom. The molecule has 0 radical (unpaired) electrons. The zero-order chi connectivity index (χ0) is 17.1. The average molecular weight is 398 g/mol. The van der Waals surface area contributed by atoms with Crippen molar-refractivity contribution in [2.45, 2.75) is 19.9 Å². The highest BCUT2D eigenvalue weighted by molar-refractivity contribution is 9.10. The molecule has 7 heteroatoms. The third-order valence-corrected chi connectivity index (χ3v) is 4.41. The maximum atomic E-state index is 12.3. The first-order valence-electron chi connectivity index (χ1n) is 7.27. The number of anilines is 1. The van der Waals surface area contributed by atoms with Gasteiger partial charge in [0.15, 0.2) is 5.11 Å². The minimum absolute atomic E-state index is 0.329. The summed E-state index contributed by atoms with van der Waals surface area (Å²) in [5, 5.41) is 6.64. The van der Waals surface area contributed by atoms with E-state index in [4.69, 9.17) is 17.0 Å². The molecule has 124 valence electrons. The van der Waals surface area contributed by atoms with Gasteiger partial charge in [-0.3, -0.25) is 0 Å². The molecule has 0 saturated heterocycles. The van der Waals surface area contributed by atoms with E-state index in [1.807, 2.05) is 44.1 Å². The van der Waals surface area contributed by atoms with Crippen molar-refractivity contribution in [3.8, 4) is 0 Å². The van der Waals surface area contributed by atoms with Crippen molar-refractivity contribution in [3.05, 3.63) is 39.5 Å². The molecule has 5 nitrogen and oxygen atoms in total.